The van der Waals surface area contributed by atoms with E-state index in [9.17, 15) is 28.0 Å². The van der Waals surface area contributed by atoms with E-state index in [2.05, 4.69) is 10.6 Å². The number of nitrogens with one attached hydrogen (secondary N) is 2. The fourth-order valence-corrected chi connectivity index (χ4v) is 7.33. The van der Waals surface area contributed by atoms with E-state index in [1.807, 2.05) is 42.5 Å². The van der Waals surface area contributed by atoms with Gasteiger partial charge in [-0.05, 0) is 55.4 Å². The number of carbonyl (C=O) groups is 4. The first-order chi connectivity index (χ1) is 22.6. The topological polar surface area (TPSA) is 111 Å². The molecule has 3 heterocycles. The van der Waals surface area contributed by atoms with Gasteiger partial charge in [-0.2, -0.15) is 0 Å². The monoisotopic (exact) mass is 651 g/mol. The minimum Gasteiger partial charge on any atom is -0.484 e. The van der Waals surface area contributed by atoms with Gasteiger partial charge in [-0.15, -0.1) is 0 Å². The maximum absolute atomic E-state index is 14.0. The SMILES string of the molecule is O=C1NCc2ccccc2CC(=O)N(C2CCN(C(=O)COc3ccccc3)CC2)CC(=O)N2C[C@@H](NC3CCC(F)(F)CC3)C[C@@H]12. The van der Waals surface area contributed by atoms with E-state index in [0.717, 1.165) is 11.1 Å². The fourth-order valence-electron chi connectivity index (χ4n) is 7.33. The largest absolute Gasteiger partial charge is 0.484 e. The molecule has 4 aliphatic rings. The molecule has 3 aliphatic heterocycles. The molecule has 1 saturated carbocycles. The second-order valence-electron chi connectivity index (χ2n) is 13.2. The van der Waals surface area contributed by atoms with Crippen molar-refractivity contribution in [2.45, 2.75) is 88.0 Å². The number of nitrogens with zero attached hydrogens (tertiary/aromatic N) is 3. The van der Waals surface area contributed by atoms with E-state index >= 15 is 0 Å². The molecule has 252 valence electrons. The molecule has 2 N–H and O–H groups in total. The minimum absolute atomic E-state index is 0.0799. The third-order valence-corrected chi connectivity index (χ3v) is 10.0. The summed E-state index contributed by atoms with van der Waals surface area (Å²) in [6.07, 6.45) is 1.81. The van der Waals surface area contributed by atoms with Crippen LogP contribution in [0.3, 0.4) is 0 Å². The van der Waals surface area contributed by atoms with E-state index in [-0.39, 0.29) is 87.3 Å². The summed E-state index contributed by atoms with van der Waals surface area (Å²) in [4.78, 5) is 59.3. The Bertz CT molecular complexity index is 1440. The Balaban J connectivity index is 1.15. The molecule has 0 unspecified atom stereocenters. The Kier molecular flexibility index (Phi) is 10.0. The van der Waals surface area contributed by atoms with Crippen LogP contribution in [-0.4, -0.2) is 101 Å². The first-order valence-corrected chi connectivity index (χ1v) is 16.7. The second kappa shape index (κ2) is 14.4. The first-order valence-electron chi connectivity index (χ1n) is 16.7. The lowest BCUT2D eigenvalue weighted by molar-refractivity contribution is -0.146. The highest BCUT2D eigenvalue weighted by Crippen LogP contribution is 2.34. The highest BCUT2D eigenvalue weighted by Gasteiger charge is 2.43. The zero-order valence-corrected chi connectivity index (χ0v) is 26.5. The average molecular weight is 652 g/mol. The Morgan fingerprint density at radius 2 is 1.55 bits per heavy atom. The Labute approximate surface area is 273 Å². The van der Waals surface area contributed by atoms with Crippen molar-refractivity contribution in [3.8, 4) is 5.75 Å². The van der Waals surface area contributed by atoms with Crippen molar-refractivity contribution in [1.82, 2.24) is 25.3 Å². The number of halogens is 2. The van der Waals surface area contributed by atoms with Crippen LogP contribution in [0, 0.1) is 0 Å². The Morgan fingerprint density at radius 1 is 0.872 bits per heavy atom. The Hall–Kier alpha value is -4.06. The predicted molar refractivity (Wildman–Crippen MR) is 169 cm³/mol. The third kappa shape index (κ3) is 8.09. The van der Waals surface area contributed by atoms with E-state index in [1.165, 1.54) is 0 Å². The molecule has 2 saturated heterocycles. The van der Waals surface area contributed by atoms with Crippen molar-refractivity contribution in [3.05, 3.63) is 65.7 Å². The molecular formula is C35H43F2N5O5. The van der Waals surface area contributed by atoms with Crippen LogP contribution in [0.1, 0.15) is 56.1 Å². The van der Waals surface area contributed by atoms with Crippen molar-refractivity contribution < 1.29 is 32.7 Å². The summed E-state index contributed by atoms with van der Waals surface area (Å²) in [6, 6.07) is 15.3. The summed E-state index contributed by atoms with van der Waals surface area (Å²) in [5.74, 6) is -2.92. The fraction of sp³-hybridized carbons (Fsp3) is 0.543. The number of hydrogen-bond acceptors (Lipinski definition) is 6. The zero-order chi connectivity index (χ0) is 33.0. The molecule has 0 spiro atoms. The lowest BCUT2D eigenvalue weighted by Gasteiger charge is -2.39. The lowest BCUT2D eigenvalue weighted by atomic mass is 9.91. The average Bonchev–Trinajstić information content (AvgIpc) is 3.50. The number of likely N-dealkylation sites (tertiary alicyclic amines) is 1. The van der Waals surface area contributed by atoms with Gasteiger partial charge in [0.2, 0.25) is 23.6 Å². The number of amides is 4. The van der Waals surface area contributed by atoms with E-state index < -0.39 is 12.0 Å². The maximum atomic E-state index is 14.0. The van der Waals surface area contributed by atoms with E-state index in [4.69, 9.17) is 4.74 Å². The van der Waals surface area contributed by atoms with Gasteiger partial charge >= 0.3 is 0 Å². The number of carbonyl (C=O) groups excluding carboxylic acids is 4. The summed E-state index contributed by atoms with van der Waals surface area (Å²) < 4.78 is 33.2. The number of piperidine rings is 1. The molecule has 2 atom stereocenters. The van der Waals surface area contributed by atoms with Crippen LogP contribution in [0.5, 0.6) is 5.75 Å². The van der Waals surface area contributed by atoms with Crippen LogP contribution in [0.2, 0.25) is 0 Å². The molecule has 12 heteroatoms. The van der Waals surface area contributed by atoms with Crippen LogP contribution >= 0.6 is 0 Å². The summed E-state index contributed by atoms with van der Waals surface area (Å²) in [5.41, 5.74) is 1.63. The van der Waals surface area contributed by atoms with Gasteiger partial charge in [0.15, 0.2) is 6.61 Å². The molecule has 4 amide bonds. The van der Waals surface area contributed by atoms with Crippen LogP contribution in [-0.2, 0) is 32.1 Å². The van der Waals surface area contributed by atoms with E-state index in [1.54, 1.807) is 26.8 Å². The molecule has 6 rings (SSSR count). The van der Waals surface area contributed by atoms with Gasteiger partial charge in [-0.25, -0.2) is 8.78 Å². The van der Waals surface area contributed by atoms with Crippen molar-refractivity contribution in [2.24, 2.45) is 0 Å². The molecular weight excluding hydrogens is 608 g/mol. The number of para-hydroxylation sites is 1. The smallest absolute Gasteiger partial charge is 0.260 e. The van der Waals surface area contributed by atoms with Crippen LogP contribution in [0.4, 0.5) is 8.78 Å². The van der Waals surface area contributed by atoms with Gasteiger partial charge < -0.3 is 30.1 Å². The number of alkyl halides is 2. The van der Waals surface area contributed by atoms with Gasteiger partial charge in [0.05, 0.1) is 6.42 Å². The summed E-state index contributed by atoms with van der Waals surface area (Å²) in [6.45, 7) is 1.08. The molecule has 3 fully saturated rings. The van der Waals surface area contributed by atoms with Gasteiger partial charge in [0.1, 0.15) is 18.3 Å². The van der Waals surface area contributed by atoms with Crippen molar-refractivity contribution in [3.63, 3.8) is 0 Å². The lowest BCUT2D eigenvalue weighted by Crippen LogP contribution is -2.55. The molecule has 2 aromatic carbocycles. The maximum Gasteiger partial charge on any atom is 0.260 e. The van der Waals surface area contributed by atoms with Crippen LogP contribution in [0.15, 0.2) is 54.6 Å². The quantitative estimate of drug-likeness (QED) is 0.497. The third-order valence-electron chi connectivity index (χ3n) is 10.0. The van der Waals surface area contributed by atoms with Crippen molar-refractivity contribution >= 4 is 23.6 Å². The molecule has 1 aliphatic carbocycles. The first kappa shape index (κ1) is 32.9. The molecule has 2 aromatic rings. The van der Waals surface area contributed by atoms with Crippen LogP contribution in [0.25, 0.3) is 0 Å². The van der Waals surface area contributed by atoms with Crippen molar-refractivity contribution in [2.75, 3.05) is 32.8 Å². The zero-order valence-electron chi connectivity index (χ0n) is 26.5. The van der Waals surface area contributed by atoms with Gasteiger partial charge in [0, 0.05) is 57.1 Å². The molecule has 47 heavy (non-hydrogen) atoms. The van der Waals surface area contributed by atoms with Crippen LogP contribution < -0.4 is 15.4 Å². The highest BCUT2D eigenvalue weighted by molar-refractivity contribution is 5.91. The number of fused-ring (bicyclic) bond motifs is 2. The number of hydrogen-bond donors (Lipinski definition) is 2. The molecule has 10 nitrogen and oxygen atoms in total. The Morgan fingerprint density at radius 3 is 2.28 bits per heavy atom. The number of ether oxygens (including phenoxy) is 1. The molecule has 0 radical (unpaired) electrons. The number of benzene rings is 2. The highest BCUT2D eigenvalue weighted by atomic mass is 19.3. The minimum atomic E-state index is -2.64. The molecule has 0 bridgehead atoms. The van der Waals surface area contributed by atoms with Gasteiger partial charge in [-0.1, -0.05) is 42.5 Å². The summed E-state index contributed by atoms with van der Waals surface area (Å²) in [5, 5.41) is 6.43. The summed E-state index contributed by atoms with van der Waals surface area (Å²) in [7, 11) is 0. The standard InChI is InChI=1S/C35H43F2N5O5/c36-35(37)14-10-26(11-15-35)39-27-19-30-34(46)38-20-25-7-5-4-6-24(25)18-31(43)41(22-32(44)42(30)21-27)28-12-16-40(17-13-28)33(45)23-47-29-8-2-1-3-9-29/h1-9,26-28,30,39H,10-23H2,(H,38,46)/t27-,30-/m0/s1. The van der Waals surface area contributed by atoms with Gasteiger partial charge in [0.25, 0.3) is 5.91 Å². The van der Waals surface area contributed by atoms with Gasteiger partial charge in [-0.3, -0.25) is 19.2 Å². The normalized spacial score (nSPS) is 24.6. The van der Waals surface area contributed by atoms with Crippen molar-refractivity contribution in [1.29, 1.82) is 0 Å². The summed E-state index contributed by atoms with van der Waals surface area (Å²) >= 11 is 0. The predicted octanol–water partition coefficient (Wildman–Crippen LogP) is 2.89. The molecule has 0 aromatic heterocycles. The second-order valence-corrected chi connectivity index (χ2v) is 13.2. The number of rotatable bonds is 6. The van der Waals surface area contributed by atoms with E-state index in [0.29, 0.717) is 50.9 Å².